The third-order valence-electron chi connectivity index (χ3n) is 4.78. The van der Waals surface area contributed by atoms with Crippen LogP contribution >= 0.6 is 0 Å². The molecule has 1 N–H and O–H groups in total. The molecule has 17 heavy (non-hydrogen) atoms. The summed E-state index contributed by atoms with van der Waals surface area (Å²) in [5.41, 5.74) is 0.131. The fourth-order valence-electron chi connectivity index (χ4n) is 3.72. The summed E-state index contributed by atoms with van der Waals surface area (Å²) >= 11 is 0. The van der Waals surface area contributed by atoms with E-state index in [0.717, 1.165) is 38.1 Å². The zero-order valence-corrected chi connectivity index (χ0v) is 11.1. The molecule has 2 aliphatic heterocycles. The molecule has 2 atom stereocenters. The van der Waals surface area contributed by atoms with Crippen LogP contribution in [0.25, 0.3) is 0 Å². The van der Waals surface area contributed by atoms with Crippen LogP contribution in [0.4, 0.5) is 0 Å². The molecule has 0 spiro atoms. The molecular formula is C14H26N2O. The van der Waals surface area contributed by atoms with E-state index in [4.69, 9.17) is 4.74 Å². The Balaban J connectivity index is 1.40. The molecule has 3 nitrogen and oxygen atoms in total. The van der Waals surface area contributed by atoms with Gasteiger partial charge in [0.2, 0.25) is 0 Å². The number of piperidine rings is 1. The van der Waals surface area contributed by atoms with Gasteiger partial charge in [-0.15, -0.1) is 0 Å². The molecule has 0 aromatic rings. The maximum Gasteiger partial charge on any atom is 0.0902 e. The fraction of sp³-hybridized carbons (Fsp3) is 1.00. The van der Waals surface area contributed by atoms with Crippen molar-refractivity contribution in [3.8, 4) is 0 Å². The van der Waals surface area contributed by atoms with E-state index in [0.29, 0.717) is 0 Å². The Bertz CT molecular complexity index is 253. The van der Waals surface area contributed by atoms with Crippen molar-refractivity contribution in [1.82, 2.24) is 10.2 Å². The van der Waals surface area contributed by atoms with Gasteiger partial charge in [-0.3, -0.25) is 0 Å². The lowest BCUT2D eigenvalue weighted by atomic mass is 9.78. The largest absolute Gasteiger partial charge is 0.371 e. The van der Waals surface area contributed by atoms with Crippen molar-refractivity contribution in [3.63, 3.8) is 0 Å². The SMILES string of the molecule is CC1(OCCN2CC3CCCC(C3)C2)CNC1. The number of likely N-dealkylation sites (tertiary alicyclic amines) is 1. The van der Waals surface area contributed by atoms with Gasteiger partial charge in [0.25, 0.3) is 0 Å². The summed E-state index contributed by atoms with van der Waals surface area (Å²) in [6.45, 7) is 8.98. The van der Waals surface area contributed by atoms with Gasteiger partial charge in [0.05, 0.1) is 12.2 Å². The first-order chi connectivity index (χ1) is 8.23. The Labute approximate surface area is 105 Å². The van der Waals surface area contributed by atoms with E-state index in [-0.39, 0.29) is 5.60 Å². The van der Waals surface area contributed by atoms with Crippen molar-refractivity contribution >= 4 is 0 Å². The highest BCUT2D eigenvalue weighted by Crippen LogP contribution is 2.34. The monoisotopic (exact) mass is 238 g/mol. The Hall–Kier alpha value is -0.120. The number of nitrogens with one attached hydrogen (secondary N) is 1. The van der Waals surface area contributed by atoms with E-state index in [9.17, 15) is 0 Å². The molecule has 3 rings (SSSR count). The maximum absolute atomic E-state index is 5.99. The highest BCUT2D eigenvalue weighted by molar-refractivity contribution is 4.90. The summed E-state index contributed by atoms with van der Waals surface area (Å²) in [5, 5.41) is 3.28. The van der Waals surface area contributed by atoms with Gasteiger partial charge in [-0.05, 0) is 38.0 Å². The molecule has 2 bridgehead atoms. The average molecular weight is 238 g/mol. The first-order valence-corrected chi connectivity index (χ1v) is 7.31. The number of nitrogens with zero attached hydrogens (tertiary/aromatic N) is 1. The van der Waals surface area contributed by atoms with Gasteiger partial charge in [0.15, 0.2) is 0 Å². The van der Waals surface area contributed by atoms with Gasteiger partial charge in [-0.25, -0.2) is 0 Å². The van der Waals surface area contributed by atoms with E-state index in [1.165, 1.54) is 38.8 Å². The van der Waals surface area contributed by atoms with Crippen LogP contribution in [0.5, 0.6) is 0 Å². The number of hydrogen-bond acceptors (Lipinski definition) is 3. The third kappa shape index (κ3) is 2.83. The minimum Gasteiger partial charge on any atom is -0.371 e. The van der Waals surface area contributed by atoms with E-state index in [2.05, 4.69) is 17.1 Å². The predicted molar refractivity (Wildman–Crippen MR) is 69.1 cm³/mol. The average Bonchev–Trinajstić information content (AvgIpc) is 2.26. The summed E-state index contributed by atoms with van der Waals surface area (Å²) in [7, 11) is 0. The number of fused-ring (bicyclic) bond motifs is 2. The number of hydrogen-bond donors (Lipinski definition) is 1. The highest BCUT2D eigenvalue weighted by atomic mass is 16.5. The second-order valence-electron chi connectivity index (χ2n) is 6.56. The molecule has 3 aliphatic rings. The first-order valence-electron chi connectivity index (χ1n) is 7.31. The zero-order chi connectivity index (χ0) is 11.7. The normalized spacial score (nSPS) is 36.5. The van der Waals surface area contributed by atoms with Crippen LogP contribution in [0.15, 0.2) is 0 Å². The van der Waals surface area contributed by atoms with Crippen LogP contribution in [-0.2, 0) is 4.74 Å². The van der Waals surface area contributed by atoms with Crippen molar-refractivity contribution < 1.29 is 4.74 Å². The molecular weight excluding hydrogens is 212 g/mol. The molecule has 0 aromatic heterocycles. The third-order valence-corrected chi connectivity index (χ3v) is 4.78. The van der Waals surface area contributed by atoms with Crippen LogP contribution in [0.1, 0.15) is 32.6 Å². The van der Waals surface area contributed by atoms with Crippen LogP contribution in [0, 0.1) is 11.8 Å². The maximum atomic E-state index is 5.99. The Morgan fingerprint density at radius 1 is 1.24 bits per heavy atom. The summed E-state index contributed by atoms with van der Waals surface area (Å²) in [5.74, 6) is 1.98. The van der Waals surface area contributed by atoms with Gasteiger partial charge >= 0.3 is 0 Å². The van der Waals surface area contributed by atoms with Crippen molar-refractivity contribution in [3.05, 3.63) is 0 Å². The molecule has 0 radical (unpaired) electrons. The molecule has 2 heterocycles. The van der Waals surface area contributed by atoms with Gasteiger partial charge in [0, 0.05) is 32.7 Å². The molecule has 2 unspecified atom stereocenters. The molecule has 0 amide bonds. The lowest BCUT2D eigenvalue weighted by Crippen LogP contribution is -2.59. The topological polar surface area (TPSA) is 24.5 Å². The van der Waals surface area contributed by atoms with E-state index < -0.39 is 0 Å². The molecule has 1 aliphatic carbocycles. The van der Waals surface area contributed by atoms with Crippen LogP contribution in [0.3, 0.4) is 0 Å². The first kappa shape index (κ1) is 11.9. The second kappa shape index (κ2) is 4.87. The quantitative estimate of drug-likeness (QED) is 0.803. The number of ether oxygens (including phenoxy) is 1. The predicted octanol–water partition coefficient (Wildman–Crippen LogP) is 1.49. The molecule has 3 fully saturated rings. The van der Waals surface area contributed by atoms with Crippen molar-refractivity contribution in [2.75, 3.05) is 39.3 Å². The summed E-state index contributed by atoms with van der Waals surface area (Å²) < 4.78 is 5.99. The molecule has 3 heteroatoms. The van der Waals surface area contributed by atoms with Crippen molar-refractivity contribution in [2.45, 2.75) is 38.2 Å². The van der Waals surface area contributed by atoms with E-state index >= 15 is 0 Å². The van der Waals surface area contributed by atoms with Crippen molar-refractivity contribution in [1.29, 1.82) is 0 Å². The fourth-order valence-corrected chi connectivity index (χ4v) is 3.72. The van der Waals surface area contributed by atoms with Crippen molar-refractivity contribution in [2.24, 2.45) is 11.8 Å². The smallest absolute Gasteiger partial charge is 0.0902 e. The lowest BCUT2D eigenvalue weighted by molar-refractivity contribution is -0.0764. The Kier molecular flexibility index (Phi) is 3.42. The van der Waals surface area contributed by atoms with E-state index in [1.807, 2.05) is 0 Å². The molecule has 0 aromatic carbocycles. The van der Waals surface area contributed by atoms with Gasteiger partial charge in [0.1, 0.15) is 0 Å². The molecule has 1 saturated carbocycles. The minimum absolute atomic E-state index is 0.131. The van der Waals surface area contributed by atoms with Gasteiger partial charge in [-0.2, -0.15) is 0 Å². The summed E-state index contributed by atoms with van der Waals surface area (Å²) in [6.07, 6.45) is 5.91. The van der Waals surface area contributed by atoms with E-state index in [1.54, 1.807) is 0 Å². The standard InChI is InChI=1S/C14H26N2O/c1-14(10-15-11-14)17-6-5-16-8-12-3-2-4-13(7-12)9-16/h12-13,15H,2-11H2,1H3. The molecule has 98 valence electrons. The molecule has 2 saturated heterocycles. The zero-order valence-electron chi connectivity index (χ0n) is 11.1. The second-order valence-corrected chi connectivity index (χ2v) is 6.56. The highest BCUT2D eigenvalue weighted by Gasteiger charge is 2.33. The van der Waals surface area contributed by atoms with Crippen LogP contribution < -0.4 is 5.32 Å². The van der Waals surface area contributed by atoms with Gasteiger partial charge in [-0.1, -0.05) is 6.42 Å². The Morgan fingerprint density at radius 2 is 1.94 bits per heavy atom. The lowest BCUT2D eigenvalue weighted by Gasteiger charge is -2.43. The summed E-state index contributed by atoms with van der Waals surface area (Å²) in [6, 6.07) is 0. The Morgan fingerprint density at radius 3 is 2.53 bits per heavy atom. The van der Waals surface area contributed by atoms with Gasteiger partial charge < -0.3 is 15.0 Å². The summed E-state index contributed by atoms with van der Waals surface area (Å²) in [4.78, 5) is 2.65. The van der Waals surface area contributed by atoms with Crippen LogP contribution in [-0.4, -0.2) is 49.8 Å². The minimum atomic E-state index is 0.131. The van der Waals surface area contributed by atoms with Crippen LogP contribution in [0.2, 0.25) is 0 Å². The number of rotatable bonds is 4.